The van der Waals surface area contributed by atoms with Gasteiger partial charge in [-0.2, -0.15) is 0 Å². The minimum atomic E-state index is -0.349. The van der Waals surface area contributed by atoms with Crippen molar-refractivity contribution in [1.29, 1.82) is 0 Å². The van der Waals surface area contributed by atoms with Crippen LogP contribution in [0.25, 0.3) is 0 Å². The first kappa shape index (κ1) is 22.9. The predicted octanol–water partition coefficient (Wildman–Crippen LogP) is 4.02. The molecule has 4 amide bonds. The van der Waals surface area contributed by atoms with Crippen LogP contribution in [0.5, 0.6) is 0 Å². The summed E-state index contributed by atoms with van der Waals surface area (Å²) in [5, 5.41) is 8.41. The Morgan fingerprint density at radius 1 is 1.00 bits per heavy atom. The number of nitrogens with zero attached hydrogens (tertiary/aromatic N) is 1. The molecule has 3 N–H and O–H groups in total. The number of carbonyl (C=O) groups excluding carboxylic acids is 3. The third kappa shape index (κ3) is 6.92. The Bertz CT molecular complexity index is 881. The maximum Gasteiger partial charge on any atom is 0.319 e. The normalized spacial score (nSPS) is 10.4. The number of amides is 4. The van der Waals surface area contributed by atoms with Gasteiger partial charge in [0, 0.05) is 43.0 Å². The Morgan fingerprint density at radius 3 is 2.33 bits per heavy atom. The fourth-order valence-corrected chi connectivity index (χ4v) is 3.02. The van der Waals surface area contributed by atoms with Crippen LogP contribution in [0.4, 0.5) is 16.2 Å². The molecule has 7 heteroatoms. The molecule has 0 fully saturated rings. The third-order valence-corrected chi connectivity index (χ3v) is 4.67. The van der Waals surface area contributed by atoms with Gasteiger partial charge in [-0.05, 0) is 57.0 Å². The number of carbonyl (C=O) groups is 3. The van der Waals surface area contributed by atoms with Crippen LogP contribution >= 0.6 is 0 Å². The van der Waals surface area contributed by atoms with Gasteiger partial charge in [0.15, 0.2) is 0 Å². The van der Waals surface area contributed by atoms with Gasteiger partial charge in [0.1, 0.15) is 0 Å². The predicted molar refractivity (Wildman–Crippen MR) is 120 cm³/mol. The lowest BCUT2D eigenvalue weighted by molar-refractivity contribution is -0.130. The number of rotatable bonds is 8. The van der Waals surface area contributed by atoms with Crippen LogP contribution in [0.1, 0.15) is 43.1 Å². The summed E-state index contributed by atoms with van der Waals surface area (Å²) >= 11 is 0. The lowest BCUT2D eigenvalue weighted by atomic mass is 10.1. The van der Waals surface area contributed by atoms with Crippen molar-refractivity contribution < 1.29 is 14.4 Å². The number of hydrogen-bond acceptors (Lipinski definition) is 3. The van der Waals surface area contributed by atoms with E-state index in [9.17, 15) is 14.4 Å². The first-order valence-electron chi connectivity index (χ1n) is 10.1. The highest BCUT2D eigenvalue weighted by Crippen LogP contribution is 2.18. The number of nitrogens with one attached hydrogen (secondary N) is 3. The maximum absolute atomic E-state index is 12.5. The molecular formula is C23H30N4O3. The Balaban J connectivity index is 1.89. The van der Waals surface area contributed by atoms with Crippen LogP contribution < -0.4 is 16.0 Å². The van der Waals surface area contributed by atoms with E-state index in [1.54, 1.807) is 30.0 Å². The van der Waals surface area contributed by atoms with Crippen LogP contribution in [0, 0.1) is 6.92 Å². The van der Waals surface area contributed by atoms with Gasteiger partial charge in [0.25, 0.3) is 5.91 Å². The van der Waals surface area contributed by atoms with Gasteiger partial charge in [-0.25, -0.2) is 4.79 Å². The quantitative estimate of drug-likeness (QED) is 0.574. The standard InChI is InChI=1S/C23H30N4O3/c1-16(2)27(18(4)28)14-8-13-24-23(30)26-21-15-19(12-11-17(21)3)22(29)25-20-9-6-5-7-10-20/h5-7,9-12,15-16H,8,13-14H2,1-4H3,(H,25,29)(H2,24,26,30). The zero-order valence-electron chi connectivity index (χ0n) is 18.0. The number of hydrogen-bond donors (Lipinski definition) is 3. The molecule has 2 aromatic carbocycles. The van der Waals surface area contributed by atoms with Crippen LogP contribution in [-0.2, 0) is 4.79 Å². The Kier molecular flexibility index (Phi) is 8.41. The van der Waals surface area contributed by atoms with Gasteiger partial charge in [0.2, 0.25) is 5.91 Å². The van der Waals surface area contributed by atoms with Crippen molar-refractivity contribution >= 4 is 29.2 Å². The van der Waals surface area contributed by atoms with E-state index < -0.39 is 0 Å². The lowest BCUT2D eigenvalue weighted by Crippen LogP contribution is -2.38. The Morgan fingerprint density at radius 2 is 1.70 bits per heavy atom. The van der Waals surface area contributed by atoms with E-state index in [0.717, 1.165) is 5.56 Å². The SMILES string of the molecule is CC(=O)N(CCCNC(=O)Nc1cc(C(=O)Nc2ccccc2)ccc1C)C(C)C. The van der Waals surface area contributed by atoms with E-state index >= 15 is 0 Å². The fraction of sp³-hybridized carbons (Fsp3) is 0.348. The molecule has 0 saturated carbocycles. The number of anilines is 2. The molecule has 0 unspecified atom stereocenters. The van der Waals surface area contributed by atoms with Gasteiger partial charge in [0.05, 0.1) is 0 Å². The monoisotopic (exact) mass is 410 g/mol. The molecule has 0 spiro atoms. The van der Waals surface area contributed by atoms with Crippen molar-refractivity contribution in [2.24, 2.45) is 0 Å². The fourth-order valence-electron chi connectivity index (χ4n) is 3.02. The van der Waals surface area contributed by atoms with Crippen LogP contribution in [0.3, 0.4) is 0 Å². The molecule has 160 valence electrons. The largest absolute Gasteiger partial charge is 0.340 e. The van der Waals surface area contributed by atoms with Crippen molar-refractivity contribution in [3.63, 3.8) is 0 Å². The van der Waals surface area contributed by atoms with Crippen LogP contribution in [0.2, 0.25) is 0 Å². The van der Waals surface area contributed by atoms with Crippen molar-refractivity contribution in [2.75, 3.05) is 23.7 Å². The van der Waals surface area contributed by atoms with Gasteiger partial charge >= 0.3 is 6.03 Å². The smallest absolute Gasteiger partial charge is 0.319 e. The summed E-state index contributed by atoms with van der Waals surface area (Å²) in [5.41, 5.74) is 2.58. The molecule has 0 aliphatic rings. The van der Waals surface area contributed by atoms with Crippen molar-refractivity contribution in [2.45, 2.75) is 40.2 Å². The molecule has 0 saturated heterocycles. The molecule has 0 aliphatic heterocycles. The molecule has 0 aromatic heterocycles. The average molecular weight is 411 g/mol. The van der Waals surface area contributed by atoms with Gasteiger partial charge in [-0.3, -0.25) is 9.59 Å². The molecule has 30 heavy (non-hydrogen) atoms. The topological polar surface area (TPSA) is 90.5 Å². The molecule has 2 rings (SSSR count). The van der Waals surface area contributed by atoms with Crippen molar-refractivity contribution in [1.82, 2.24) is 10.2 Å². The first-order valence-corrected chi connectivity index (χ1v) is 10.1. The molecule has 0 atom stereocenters. The molecule has 0 radical (unpaired) electrons. The van der Waals surface area contributed by atoms with E-state index in [-0.39, 0.29) is 23.9 Å². The summed E-state index contributed by atoms with van der Waals surface area (Å²) in [7, 11) is 0. The number of urea groups is 1. The van der Waals surface area contributed by atoms with Crippen LogP contribution in [0.15, 0.2) is 48.5 Å². The zero-order valence-corrected chi connectivity index (χ0v) is 18.0. The summed E-state index contributed by atoms with van der Waals surface area (Å²) in [6.07, 6.45) is 0.656. The highest BCUT2D eigenvalue weighted by atomic mass is 16.2. The second kappa shape index (κ2) is 11.0. The summed E-state index contributed by atoms with van der Waals surface area (Å²) in [6.45, 7) is 8.36. The molecule has 7 nitrogen and oxygen atoms in total. The zero-order chi connectivity index (χ0) is 22.1. The average Bonchev–Trinajstić information content (AvgIpc) is 2.69. The van der Waals surface area contributed by atoms with E-state index in [4.69, 9.17) is 0 Å². The van der Waals surface area contributed by atoms with E-state index in [0.29, 0.717) is 36.4 Å². The van der Waals surface area contributed by atoms with Crippen molar-refractivity contribution in [3.05, 3.63) is 59.7 Å². The minimum Gasteiger partial charge on any atom is -0.340 e. The summed E-state index contributed by atoms with van der Waals surface area (Å²) in [5.74, 6) is -0.224. The number of benzene rings is 2. The van der Waals surface area contributed by atoms with Gasteiger partial charge < -0.3 is 20.9 Å². The highest BCUT2D eigenvalue weighted by Gasteiger charge is 2.13. The van der Waals surface area contributed by atoms with Crippen molar-refractivity contribution in [3.8, 4) is 0 Å². The summed E-state index contributed by atoms with van der Waals surface area (Å²) in [4.78, 5) is 38.1. The first-order chi connectivity index (χ1) is 14.3. The molecule has 0 bridgehead atoms. The minimum absolute atomic E-state index is 0.0238. The van der Waals surface area contributed by atoms with E-state index in [2.05, 4.69) is 16.0 Å². The third-order valence-electron chi connectivity index (χ3n) is 4.67. The van der Waals surface area contributed by atoms with Gasteiger partial charge in [-0.1, -0.05) is 24.3 Å². The molecule has 2 aromatic rings. The second-order valence-corrected chi connectivity index (χ2v) is 7.39. The lowest BCUT2D eigenvalue weighted by Gasteiger charge is -2.25. The Hall–Kier alpha value is -3.35. The van der Waals surface area contributed by atoms with Gasteiger partial charge in [-0.15, -0.1) is 0 Å². The Labute approximate surface area is 177 Å². The van der Waals surface area contributed by atoms with E-state index in [1.165, 1.54) is 0 Å². The summed E-state index contributed by atoms with van der Waals surface area (Å²) < 4.78 is 0. The number of aryl methyl sites for hydroxylation is 1. The second-order valence-electron chi connectivity index (χ2n) is 7.39. The maximum atomic E-state index is 12.5. The number of para-hydroxylation sites is 1. The van der Waals surface area contributed by atoms with E-state index in [1.807, 2.05) is 51.1 Å². The molecule has 0 heterocycles. The summed E-state index contributed by atoms with van der Waals surface area (Å²) in [6, 6.07) is 14.1. The highest BCUT2D eigenvalue weighted by molar-refractivity contribution is 6.05. The molecular weight excluding hydrogens is 380 g/mol. The molecule has 0 aliphatic carbocycles. The van der Waals surface area contributed by atoms with Crippen LogP contribution in [-0.4, -0.2) is 41.9 Å².